The molecule has 1 unspecified atom stereocenters. The van der Waals surface area contributed by atoms with Crippen LogP contribution in [0.2, 0.25) is 0 Å². The van der Waals surface area contributed by atoms with Gasteiger partial charge < -0.3 is 5.32 Å². The van der Waals surface area contributed by atoms with E-state index in [-0.39, 0.29) is 0 Å². The summed E-state index contributed by atoms with van der Waals surface area (Å²) in [6.07, 6.45) is 7.23. The predicted molar refractivity (Wildman–Crippen MR) is 40.5 cm³/mol. The average Bonchev–Trinajstić information content (AvgIpc) is 1.91. The fourth-order valence-corrected chi connectivity index (χ4v) is 1.33. The zero-order valence-corrected chi connectivity index (χ0v) is 5.90. The minimum absolute atomic E-state index is 0.733. The minimum Gasteiger partial charge on any atom is -0.314 e. The SMILES string of the molecule is C=CCC1CCCCN1. The molecule has 0 spiro atoms. The molecular weight excluding hydrogens is 110 g/mol. The van der Waals surface area contributed by atoms with Crippen molar-refractivity contribution in [1.29, 1.82) is 0 Å². The highest BCUT2D eigenvalue weighted by Crippen LogP contribution is 2.09. The Morgan fingerprint density at radius 3 is 3.00 bits per heavy atom. The summed E-state index contributed by atoms with van der Waals surface area (Å²) in [5.41, 5.74) is 0. The molecule has 1 fully saturated rings. The van der Waals surface area contributed by atoms with Crippen molar-refractivity contribution in [3.63, 3.8) is 0 Å². The molecular formula is C8H15N. The molecule has 1 aliphatic rings. The van der Waals surface area contributed by atoms with Crippen LogP contribution in [-0.4, -0.2) is 12.6 Å². The smallest absolute Gasteiger partial charge is 0.0101 e. The van der Waals surface area contributed by atoms with E-state index in [9.17, 15) is 0 Å². The summed E-state index contributed by atoms with van der Waals surface area (Å²) in [5.74, 6) is 0. The lowest BCUT2D eigenvalue weighted by atomic mass is 10.0. The minimum atomic E-state index is 0.733. The largest absolute Gasteiger partial charge is 0.314 e. The third kappa shape index (κ3) is 2.19. The van der Waals surface area contributed by atoms with Gasteiger partial charge in [0.25, 0.3) is 0 Å². The fraction of sp³-hybridized carbons (Fsp3) is 0.750. The zero-order chi connectivity index (χ0) is 6.53. The first-order chi connectivity index (χ1) is 4.43. The van der Waals surface area contributed by atoms with Crippen LogP contribution in [0.25, 0.3) is 0 Å². The molecule has 1 nitrogen and oxygen atoms in total. The Kier molecular flexibility index (Phi) is 2.78. The summed E-state index contributed by atoms with van der Waals surface area (Å²) < 4.78 is 0. The van der Waals surface area contributed by atoms with E-state index in [1.54, 1.807) is 0 Å². The second kappa shape index (κ2) is 3.67. The Morgan fingerprint density at radius 2 is 2.44 bits per heavy atom. The summed E-state index contributed by atoms with van der Waals surface area (Å²) >= 11 is 0. The van der Waals surface area contributed by atoms with Crippen molar-refractivity contribution in [2.24, 2.45) is 0 Å². The van der Waals surface area contributed by atoms with E-state index >= 15 is 0 Å². The number of hydrogen-bond donors (Lipinski definition) is 1. The lowest BCUT2D eigenvalue weighted by Crippen LogP contribution is -2.33. The van der Waals surface area contributed by atoms with Crippen molar-refractivity contribution in [3.8, 4) is 0 Å². The molecule has 1 rings (SSSR count). The predicted octanol–water partition coefficient (Wildman–Crippen LogP) is 1.70. The molecule has 0 bridgehead atoms. The molecule has 1 heterocycles. The van der Waals surface area contributed by atoms with Gasteiger partial charge in [0.1, 0.15) is 0 Å². The second-order valence-electron chi connectivity index (χ2n) is 2.67. The van der Waals surface area contributed by atoms with Crippen LogP contribution in [0, 0.1) is 0 Å². The third-order valence-corrected chi connectivity index (χ3v) is 1.86. The summed E-state index contributed by atoms with van der Waals surface area (Å²) in [5, 5.41) is 3.45. The average molecular weight is 125 g/mol. The molecule has 1 heteroatoms. The highest BCUT2D eigenvalue weighted by atomic mass is 14.9. The van der Waals surface area contributed by atoms with Crippen LogP contribution in [0.5, 0.6) is 0 Å². The van der Waals surface area contributed by atoms with Crippen LogP contribution in [0.4, 0.5) is 0 Å². The summed E-state index contributed by atoms with van der Waals surface area (Å²) in [6.45, 7) is 4.92. The quantitative estimate of drug-likeness (QED) is 0.554. The van der Waals surface area contributed by atoms with Crippen molar-refractivity contribution in [3.05, 3.63) is 12.7 Å². The van der Waals surface area contributed by atoms with Crippen LogP contribution in [0.1, 0.15) is 25.7 Å². The first-order valence-corrected chi connectivity index (χ1v) is 3.78. The number of rotatable bonds is 2. The van der Waals surface area contributed by atoms with Gasteiger partial charge in [0.15, 0.2) is 0 Å². The zero-order valence-electron chi connectivity index (χ0n) is 5.90. The molecule has 0 amide bonds. The van der Waals surface area contributed by atoms with E-state index in [1.807, 2.05) is 6.08 Å². The van der Waals surface area contributed by atoms with Gasteiger partial charge in [0, 0.05) is 6.04 Å². The van der Waals surface area contributed by atoms with Crippen LogP contribution >= 0.6 is 0 Å². The lowest BCUT2D eigenvalue weighted by Gasteiger charge is -2.21. The second-order valence-corrected chi connectivity index (χ2v) is 2.67. The van der Waals surface area contributed by atoms with Gasteiger partial charge in [-0.15, -0.1) is 6.58 Å². The van der Waals surface area contributed by atoms with Crippen LogP contribution < -0.4 is 5.32 Å². The maximum atomic E-state index is 3.71. The highest BCUT2D eigenvalue weighted by Gasteiger charge is 2.09. The Hall–Kier alpha value is -0.300. The Morgan fingerprint density at radius 1 is 1.56 bits per heavy atom. The first kappa shape index (κ1) is 6.81. The van der Waals surface area contributed by atoms with E-state index < -0.39 is 0 Å². The Bertz CT molecular complexity index is 82.6. The topological polar surface area (TPSA) is 12.0 Å². The number of piperidine rings is 1. The molecule has 1 N–H and O–H groups in total. The van der Waals surface area contributed by atoms with Gasteiger partial charge in [-0.2, -0.15) is 0 Å². The lowest BCUT2D eigenvalue weighted by molar-refractivity contribution is 0.404. The highest BCUT2D eigenvalue weighted by molar-refractivity contribution is 4.80. The van der Waals surface area contributed by atoms with E-state index in [1.165, 1.54) is 25.8 Å². The monoisotopic (exact) mass is 125 g/mol. The first-order valence-electron chi connectivity index (χ1n) is 3.78. The van der Waals surface area contributed by atoms with E-state index in [0.29, 0.717) is 0 Å². The van der Waals surface area contributed by atoms with Gasteiger partial charge in [-0.25, -0.2) is 0 Å². The number of nitrogens with one attached hydrogen (secondary N) is 1. The molecule has 52 valence electrons. The third-order valence-electron chi connectivity index (χ3n) is 1.86. The Labute approximate surface area is 57.1 Å². The standard InChI is InChI=1S/C8H15N/c1-2-5-8-6-3-4-7-9-8/h2,8-9H,1,3-7H2. The molecule has 0 aromatic carbocycles. The van der Waals surface area contributed by atoms with Gasteiger partial charge in [0.05, 0.1) is 0 Å². The molecule has 1 aliphatic heterocycles. The molecule has 9 heavy (non-hydrogen) atoms. The number of hydrogen-bond acceptors (Lipinski definition) is 1. The van der Waals surface area contributed by atoms with Crippen molar-refractivity contribution < 1.29 is 0 Å². The summed E-state index contributed by atoms with van der Waals surface area (Å²) in [4.78, 5) is 0. The van der Waals surface area contributed by atoms with E-state index in [4.69, 9.17) is 0 Å². The van der Waals surface area contributed by atoms with Gasteiger partial charge in [-0.3, -0.25) is 0 Å². The molecule has 0 aliphatic carbocycles. The van der Waals surface area contributed by atoms with Gasteiger partial charge in [-0.05, 0) is 25.8 Å². The van der Waals surface area contributed by atoms with Crippen LogP contribution in [0.3, 0.4) is 0 Å². The summed E-state index contributed by atoms with van der Waals surface area (Å²) in [7, 11) is 0. The maximum absolute atomic E-state index is 3.71. The molecule has 1 saturated heterocycles. The molecule has 0 aromatic heterocycles. The van der Waals surface area contributed by atoms with E-state index in [0.717, 1.165) is 12.5 Å². The van der Waals surface area contributed by atoms with Gasteiger partial charge >= 0.3 is 0 Å². The van der Waals surface area contributed by atoms with Gasteiger partial charge in [-0.1, -0.05) is 12.5 Å². The van der Waals surface area contributed by atoms with Crippen LogP contribution in [0.15, 0.2) is 12.7 Å². The Balaban J connectivity index is 2.15. The fourth-order valence-electron chi connectivity index (χ4n) is 1.33. The van der Waals surface area contributed by atoms with E-state index in [2.05, 4.69) is 11.9 Å². The summed E-state index contributed by atoms with van der Waals surface area (Å²) in [6, 6.07) is 0.733. The molecule has 0 aromatic rings. The van der Waals surface area contributed by atoms with Crippen molar-refractivity contribution >= 4 is 0 Å². The normalized spacial score (nSPS) is 27.8. The van der Waals surface area contributed by atoms with Crippen LogP contribution in [-0.2, 0) is 0 Å². The van der Waals surface area contributed by atoms with Gasteiger partial charge in [0.2, 0.25) is 0 Å². The molecule has 0 radical (unpaired) electrons. The van der Waals surface area contributed by atoms with Crippen molar-refractivity contribution in [2.45, 2.75) is 31.7 Å². The molecule has 1 atom stereocenters. The van der Waals surface area contributed by atoms with Crippen molar-refractivity contribution in [1.82, 2.24) is 5.32 Å². The maximum Gasteiger partial charge on any atom is 0.0101 e. The molecule has 0 saturated carbocycles. The van der Waals surface area contributed by atoms with Crippen molar-refractivity contribution in [2.75, 3.05) is 6.54 Å².